The Labute approximate surface area is 132 Å². The van der Waals surface area contributed by atoms with Gasteiger partial charge in [0.25, 0.3) is 0 Å². The van der Waals surface area contributed by atoms with Gasteiger partial charge in [-0.2, -0.15) is 5.10 Å². The zero-order chi connectivity index (χ0) is 14.8. The van der Waals surface area contributed by atoms with Crippen molar-refractivity contribution in [3.63, 3.8) is 0 Å². The molecule has 112 valence electrons. The largest absolute Gasteiger partial charge is 0.454 e. The summed E-state index contributed by atoms with van der Waals surface area (Å²) in [4.78, 5) is 0. The first kappa shape index (κ1) is 14.4. The van der Waals surface area contributed by atoms with Crippen molar-refractivity contribution in [3.8, 4) is 11.5 Å². The molecule has 0 saturated carbocycles. The lowest BCUT2D eigenvalue weighted by atomic mass is 10.2. The number of hydrogen-bond donors (Lipinski definition) is 1. The predicted molar refractivity (Wildman–Crippen MR) is 83.4 cm³/mol. The second kappa shape index (κ2) is 6.07. The van der Waals surface area contributed by atoms with Gasteiger partial charge in [0.1, 0.15) is 0 Å². The molecular formula is C15H18BrN3O2. The van der Waals surface area contributed by atoms with Gasteiger partial charge in [-0.25, -0.2) is 0 Å². The summed E-state index contributed by atoms with van der Waals surface area (Å²) in [7, 11) is 1.96. The van der Waals surface area contributed by atoms with Crippen LogP contribution in [-0.4, -0.2) is 16.6 Å². The summed E-state index contributed by atoms with van der Waals surface area (Å²) >= 11 is 3.58. The molecule has 0 saturated heterocycles. The van der Waals surface area contributed by atoms with E-state index in [0.29, 0.717) is 6.79 Å². The zero-order valence-electron chi connectivity index (χ0n) is 12.1. The van der Waals surface area contributed by atoms with Crippen LogP contribution in [0.15, 0.2) is 22.8 Å². The van der Waals surface area contributed by atoms with Gasteiger partial charge in [0.05, 0.1) is 5.69 Å². The Bertz CT molecular complexity index is 655. The molecule has 1 aliphatic rings. The SMILES string of the molecule is CCc1nn(C)cc1CNCc1cc2c(cc1Br)OCO2. The second-order valence-electron chi connectivity index (χ2n) is 5.03. The van der Waals surface area contributed by atoms with E-state index in [0.717, 1.165) is 46.7 Å². The smallest absolute Gasteiger partial charge is 0.231 e. The van der Waals surface area contributed by atoms with Crippen LogP contribution in [0.3, 0.4) is 0 Å². The Hall–Kier alpha value is -1.53. The van der Waals surface area contributed by atoms with E-state index in [1.54, 1.807) is 0 Å². The molecule has 0 atom stereocenters. The van der Waals surface area contributed by atoms with Gasteiger partial charge in [-0.05, 0) is 24.1 Å². The highest BCUT2D eigenvalue weighted by molar-refractivity contribution is 9.10. The average Bonchev–Trinajstić information content (AvgIpc) is 3.04. The first-order chi connectivity index (χ1) is 10.2. The van der Waals surface area contributed by atoms with E-state index >= 15 is 0 Å². The number of aryl methyl sites for hydroxylation is 2. The molecule has 0 unspecified atom stereocenters. The fraction of sp³-hybridized carbons (Fsp3) is 0.400. The van der Waals surface area contributed by atoms with Gasteiger partial charge in [-0.3, -0.25) is 4.68 Å². The molecule has 6 heteroatoms. The van der Waals surface area contributed by atoms with Crippen molar-refractivity contribution in [3.05, 3.63) is 39.6 Å². The lowest BCUT2D eigenvalue weighted by Gasteiger charge is -2.08. The number of aromatic nitrogens is 2. The first-order valence-electron chi connectivity index (χ1n) is 6.97. The van der Waals surface area contributed by atoms with Crippen LogP contribution in [0, 0.1) is 0 Å². The van der Waals surface area contributed by atoms with Crippen molar-refractivity contribution in [1.82, 2.24) is 15.1 Å². The quantitative estimate of drug-likeness (QED) is 0.899. The number of ether oxygens (including phenoxy) is 2. The zero-order valence-corrected chi connectivity index (χ0v) is 13.7. The molecule has 0 aliphatic carbocycles. The van der Waals surface area contributed by atoms with Crippen LogP contribution in [0.25, 0.3) is 0 Å². The highest BCUT2D eigenvalue weighted by Crippen LogP contribution is 2.36. The highest BCUT2D eigenvalue weighted by atomic mass is 79.9. The third kappa shape index (κ3) is 3.06. The number of nitrogens with one attached hydrogen (secondary N) is 1. The van der Waals surface area contributed by atoms with Gasteiger partial charge < -0.3 is 14.8 Å². The van der Waals surface area contributed by atoms with Crippen LogP contribution in [0.1, 0.15) is 23.7 Å². The van der Waals surface area contributed by atoms with Crippen molar-refractivity contribution in [2.45, 2.75) is 26.4 Å². The number of rotatable bonds is 5. The normalized spacial score (nSPS) is 12.9. The summed E-state index contributed by atoms with van der Waals surface area (Å²) in [5.74, 6) is 1.61. The van der Waals surface area contributed by atoms with Crippen molar-refractivity contribution in [2.75, 3.05) is 6.79 Å². The summed E-state index contributed by atoms with van der Waals surface area (Å²) in [6.07, 6.45) is 3.02. The number of halogens is 1. The molecule has 2 heterocycles. The lowest BCUT2D eigenvalue weighted by molar-refractivity contribution is 0.174. The predicted octanol–water partition coefficient (Wildman–Crippen LogP) is 2.76. The standard InChI is InChI=1S/C15H18BrN3O2/c1-3-13-11(8-19(2)18-13)7-17-6-10-4-14-15(5-12(10)16)21-9-20-14/h4-5,8,17H,3,6-7,9H2,1-2H3. The van der Waals surface area contributed by atoms with Crippen molar-refractivity contribution in [2.24, 2.45) is 7.05 Å². The number of benzene rings is 1. The van der Waals surface area contributed by atoms with Crippen LogP contribution in [0.5, 0.6) is 11.5 Å². The van der Waals surface area contributed by atoms with Crippen LogP contribution in [0.2, 0.25) is 0 Å². The van der Waals surface area contributed by atoms with Crippen LogP contribution in [-0.2, 0) is 26.6 Å². The monoisotopic (exact) mass is 351 g/mol. The minimum atomic E-state index is 0.300. The molecular weight excluding hydrogens is 334 g/mol. The van der Waals surface area contributed by atoms with Gasteiger partial charge in [0.15, 0.2) is 11.5 Å². The number of fused-ring (bicyclic) bond motifs is 1. The third-order valence-corrected chi connectivity index (χ3v) is 4.24. The van der Waals surface area contributed by atoms with E-state index in [1.807, 2.05) is 23.9 Å². The summed E-state index contributed by atoms with van der Waals surface area (Å²) in [6, 6.07) is 3.98. The molecule has 21 heavy (non-hydrogen) atoms. The Morgan fingerprint density at radius 1 is 1.24 bits per heavy atom. The van der Waals surface area contributed by atoms with E-state index in [2.05, 4.69) is 39.5 Å². The third-order valence-electron chi connectivity index (χ3n) is 3.50. The van der Waals surface area contributed by atoms with Crippen molar-refractivity contribution < 1.29 is 9.47 Å². The minimum absolute atomic E-state index is 0.300. The highest BCUT2D eigenvalue weighted by Gasteiger charge is 2.16. The fourth-order valence-electron chi connectivity index (χ4n) is 2.46. The molecule has 1 aromatic carbocycles. The molecule has 3 rings (SSSR count). The molecule has 0 fully saturated rings. The maximum Gasteiger partial charge on any atom is 0.231 e. The maximum absolute atomic E-state index is 5.41. The molecule has 0 amide bonds. The average molecular weight is 352 g/mol. The van der Waals surface area contributed by atoms with E-state index in [4.69, 9.17) is 9.47 Å². The lowest BCUT2D eigenvalue weighted by Crippen LogP contribution is -2.13. The Balaban J connectivity index is 1.65. The molecule has 1 aromatic heterocycles. The van der Waals surface area contributed by atoms with Gasteiger partial charge in [0, 0.05) is 36.4 Å². The van der Waals surface area contributed by atoms with Crippen LogP contribution < -0.4 is 14.8 Å². The molecule has 0 spiro atoms. The summed E-state index contributed by atoms with van der Waals surface area (Å²) in [6.45, 7) is 3.99. The van der Waals surface area contributed by atoms with Crippen LogP contribution in [0.4, 0.5) is 0 Å². The van der Waals surface area contributed by atoms with Crippen molar-refractivity contribution >= 4 is 15.9 Å². The van der Waals surface area contributed by atoms with E-state index in [1.165, 1.54) is 5.56 Å². The van der Waals surface area contributed by atoms with Crippen molar-refractivity contribution in [1.29, 1.82) is 0 Å². The molecule has 0 bridgehead atoms. The summed E-state index contributed by atoms with van der Waals surface area (Å²) in [5, 5.41) is 7.91. The Morgan fingerprint density at radius 2 is 1.95 bits per heavy atom. The summed E-state index contributed by atoms with van der Waals surface area (Å²) in [5.41, 5.74) is 3.55. The molecule has 5 nitrogen and oxygen atoms in total. The van der Waals surface area contributed by atoms with Gasteiger partial charge in [0.2, 0.25) is 6.79 Å². The molecule has 1 N–H and O–H groups in total. The van der Waals surface area contributed by atoms with Gasteiger partial charge in [-0.1, -0.05) is 22.9 Å². The van der Waals surface area contributed by atoms with E-state index in [-0.39, 0.29) is 0 Å². The van der Waals surface area contributed by atoms with E-state index < -0.39 is 0 Å². The molecule has 0 radical (unpaired) electrons. The maximum atomic E-state index is 5.41. The Kier molecular flexibility index (Phi) is 4.17. The second-order valence-corrected chi connectivity index (χ2v) is 5.88. The Morgan fingerprint density at radius 3 is 2.71 bits per heavy atom. The van der Waals surface area contributed by atoms with E-state index in [9.17, 15) is 0 Å². The van der Waals surface area contributed by atoms with Crippen LogP contribution >= 0.6 is 15.9 Å². The number of hydrogen-bond acceptors (Lipinski definition) is 4. The molecule has 2 aromatic rings. The van der Waals surface area contributed by atoms with Gasteiger partial charge in [-0.15, -0.1) is 0 Å². The minimum Gasteiger partial charge on any atom is -0.454 e. The first-order valence-corrected chi connectivity index (χ1v) is 7.76. The molecule has 1 aliphatic heterocycles. The van der Waals surface area contributed by atoms with Gasteiger partial charge >= 0.3 is 0 Å². The number of nitrogens with zero attached hydrogens (tertiary/aromatic N) is 2. The summed E-state index contributed by atoms with van der Waals surface area (Å²) < 4.78 is 13.7. The topological polar surface area (TPSA) is 48.3 Å². The fourth-order valence-corrected chi connectivity index (χ4v) is 2.92.